The molecule has 1 heterocycles. The summed E-state index contributed by atoms with van der Waals surface area (Å²) in [6, 6.07) is 1.26. The number of nitrogens with zero attached hydrogens (tertiary/aromatic N) is 2. The molecule has 16 heavy (non-hydrogen) atoms. The Morgan fingerprint density at radius 3 is 2.88 bits per heavy atom. The highest BCUT2D eigenvalue weighted by Gasteiger charge is 2.18. The van der Waals surface area contributed by atoms with Crippen molar-refractivity contribution in [1.29, 1.82) is 0 Å². The molecule has 6 nitrogen and oxygen atoms in total. The van der Waals surface area contributed by atoms with E-state index in [1.54, 1.807) is 0 Å². The summed E-state index contributed by atoms with van der Waals surface area (Å²) in [5.74, 6) is 0.525. The fraction of sp³-hybridized carbons (Fsp3) is 0.500. The third-order valence-corrected chi connectivity index (χ3v) is 2.16. The Bertz CT molecular complexity index is 380. The van der Waals surface area contributed by atoms with Crippen LogP contribution in [0.2, 0.25) is 0 Å². The molecule has 1 aromatic heterocycles. The smallest absolute Gasteiger partial charge is 0.304 e. The molecule has 0 spiro atoms. The van der Waals surface area contributed by atoms with E-state index >= 15 is 0 Å². The van der Waals surface area contributed by atoms with Crippen LogP contribution in [0.15, 0.2) is 18.5 Å². The Morgan fingerprint density at radius 1 is 1.62 bits per heavy atom. The third-order valence-electron chi connectivity index (χ3n) is 2.16. The van der Waals surface area contributed by atoms with Crippen LogP contribution in [0.1, 0.15) is 20.3 Å². The summed E-state index contributed by atoms with van der Waals surface area (Å²) >= 11 is 0. The van der Waals surface area contributed by atoms with Crippen molar-refractivity contribution >= 4 is 11.4 Å². The molecular formula is C10H16N3O3+. The molecular weight excluding hydrogens is 210 g/mol. The summed E-state index contributed by atoms with van der Waals surface area (Å²) in [4.78, 5) is 10.2. The molecule has 0 saturated carbocycles. The van der Waals surface area contributed by atoms with Crippen molar-refractivity contribution in [3.8, 4) is 0 Å². The van der Waals surface area contributed by atoms with Crippen LogP contribution in [0.3, 0.4) is 0 Å². The summed E-state index contributed by atoms with van der Waals surface area (Å²) in [6.07, 6.45) is 3.43. The fourth-order valence-electron chi connectivity index (χ4n) is 1.27. The molecule has 0 radical (unpaired) electrons. The molecule has 0 saturated heterocycles. The van der Waals surface area contributed by atoms with E-state index in [9.17, 15) is 15.3 Å². The quantitative estimate of drug-likeness (QED) is 0.346. The van der Waals surface area contributed by atoms with E-state index in [1.165, 1.54) is 18.5 Å². The van der Waals surface area contributed by atoms with Gasteiger partial charge in [0.15, 0.2) is 5.69 Å². The summed E-state index contributed by atoms with van der Waals surface area (Å²) in [7, 11) is 0. The van der Waals surface area contributed by atoms with Crippen LogP contribution in [0, 0.1) is 16.0 Å². The molecule has 2 N–H and O–H groups in total. The number of nitro groups is 1. The van der Waals surface area contributed by atoms with Crippen molar-refractivity contribution in [1.82, 2.24) is 0 Å². The highest BCUT2D eigenvalue weighted by atomic mass is 16.6. The second-order valence-electron chi connectivity index (χ2n) is 3.99. The van der Waals surface area contributed by atoms with Crippen molar-refractivity contribution in [3.05, 3.63) is 28.6 Å². The van der Waals surface area contributed by atoms with Crippen LogP contribution in [-0.2, 0) is 0 Å². The Kier molecular flexibility index (Phi) is 4.04. The van der Waals surface area contributed by atoms with Crippen molar-refractivity contribution in [2.75, 3.05) is 11.9 Å². The van der Waals surface area contributed by atoms with Gasteiger partial charge in [0.1, 0.15) is 0 Å². The maximum atomic E-state index is 10.7. The molecule has 88 valence electrons. The SMILES string of the molecule is CC(C)CCNc1c[n+](O)ccc1[N+](=O)[O-]. The zero-order chi connectivity index (χ0) is 12.1. The minimum absolute atomic E-state index is 0.0333. The Hall–Kier alpha value is -1.85. The first-order chi connectivity index (χ1) is 7.50. The molecule has 0 aliphatic rings. The lowest BCUT2D eigenvalue weighted by Crippen LogP contribution is -2.29. The summed E-state index contributed by atoms with van der Waals surface area (Å²) < 4.78 is 0.796. The number of hydrogen-bond donors (Lipinski definition) is 2. The molecule has 0 atom stereocenters. The summed E-state index contributed by atoms with van der Waals surface area (Å²) in [5, 5.41) is 22.8. The van der Waals surface area contributed by atoms with Gasteiger partial charge in [-0.1, -0.05) is 13.8 Å². The second-order valence-corrected chi connectivity index (χ2v) is 3.99. The van der Waals surface area contributed by atoms with E-state index in [0.29, 0.717) is 18.2 Å². The molecule has 0 aliphatic heterocycles. The first-order valence-electron chi connectivity index (χ1n) is 5.13. The molecule has 0 fully saturated rings. The van der Waals surface area contributed by atoms with Gasteiger partial charge in [-0.25, -0.2) is 0 Å². The van der Waals surface area contributed by atoms with Gasteiger partial charge in [0, 0.05) is 11.3 Å². The zero-order valence-electron chi connectivity index (χ0n) is 9.38. The number of aromatic nitrogens is 1. The summed E-state index contributed by atoms with van der Waals surface area (Å²) in [6.45, 7) is 4.79. The summed E-state index contributed by atoms with van der Waals surface area (Å²) in [5.41, 5.74) is 0.296. The van der Waals surface area contributed by atoms with Crippen LogP contribution >= 0.6 is 0 Å². The number of pyridine rings is 1. The van der Waals surface area contributed by atoms with Crippen molar-refractivity contribution < 1.29 is 14.9 Å². The van der Waals surface area contributed by atoms with E-state index in [2.05, 4.69) is 19.2 Å². The van der Waals surface area contributed by atoms with Crippen LogP contribution in [0.4, 0.5) is 11.4 Å². The Labute approximate surface area is 93.6 Å². The van der Waals surface area contributed by atoms with E-state index in [-0.39, 0.29) is 5.69 Å². The number of anilines is 1. The van der Waals surface area contributed by atoms with Crippen LogP contribution in [-0.4, -0.2) is 16.7 Å². The topological polar surface area (TPSA) is 79.3 Å². The average molecular weight is 226 g/mol. The van der Waals surface area contributed by atoms with E-state index < -0.39 is 4.92 Å². The molecule has 1 aromatic rings. The minimum atomic E-state index is -0.474. The van der Waals surface area contributed by atoms with E-state index in [0.717, 1.165) is 11.2 Å². The number of hydrogen-bond acceptors (Lipinski definition) is 4. The lowest BCUT2D eigenvalue weighted by atomic mass is 10.1. The zero-order valence-corrected chi connectivity index (χ0v) is 9.38. The van der Waals surface area contributed by atoms with Crippen LogP contribution < -0.4 is 10.0 Å². The van der Waals surface area contributed by atoms with Gasteiger partial charge in [0.05, 0.1) is 11.0 Å². The average Bonchev–Trinajstić information content (AvgIpc) is 2.16. The van der Waals surface area contributed by atoms with Gasteiger partial charge >= 0.3 is 5.69 Å². The first-order valence-corrected chi connectivity index (χ1v) is 5.13. The van der Waals surface area contributed by atoms with Gasteiger partial charge in [-0.3, -0.25) is 15.3 Å². The second kappa shape index (κ2) is 5.29. The van der Waals surface area contributed by atoms with Gasteiger partial charge in [-0.15, -0.1) is 0 Å². The van der Waals surface area contributed by atoms with Crippen molar-refractivity contribution in [2.45, 2.75) is 20.3 Å². The molecule has 0 unspecified atom stereocenters. The molecule has 0 aromatic carbocycles. The highest BCUT2D eigenvalue weighted by Crippen LogP contribution is 2.21. The Morgan fingerprint density at radius 2 is 2.31 bits per heavy atom. The number of nitrogens with one attached hydrogen (secondary N) is 1. The molecule has 1 rings (SSSR count). The largest absolute Gasteiger partial charge is 0.374 e. The predicted octanol–water partition coefficient (Wildman–Crippen LogP) is 1.58. The molecule has 0 bridgehead atoms. The highest BCUT2D eigenvalue weighted by molar-refractivity contribution is 5.58. The minimum Gasteiger partial charge on any atom is -0.374 e. The maximum absolute atomic E-state index is 10.7. The lowest BCUT2D eigenvalue weighted by molar-refractivity contribution is -0.904. The van der Waals surface area contributed by atoms with Crippen LogP contribution in [0.25, 0.3) is 0 Å². The van der Waals surface area contributed by atoms with Crippen molar-refractivity contribution in [2.24, 2.45) is 5.92 Å². The predicted molar refractivity (Wildman–Crippen MR) is 58.4 cm³/mol. The van der Waals surface area contributed by atoms with Crippen LogP contribution in [0.5, 0.6) is 0 Å². The monoisotopic (exact) mass is 226 g/mol. The fourth-order valence-corrected chi connectivity index (χ4v) is 1.27. The van der Waals surface area contributed by atoms with E-state index in [4.69, 9.17) is 0 Å². The standard InChI is InChI=1S/C10H16N3O3/c1-8(2)3-5-11-9-7-12(14)6-4-10(9)13(15)16/h4,6-8,11,14H,3,5H2,1-2H3/q+1. The van der Waals surface area contributed by atoms with Gasteiger partial charge in [0.25, 0.3) is 6.20 Å². The first kappa shape index (κ1) is 12.2. The molecule has 0 amide bonds. The lowest BCUT2D eigenvalue weighted by Gasteiger charge is -2.06. The van der Waals surface area contributed by atoms with Gasteiger partial charge in [0.2, 0.25) is 6.20 Å². The number of rotatable bonds is 5. The van der Waals surface area contributed by atoms with E-state index in [1.807, 2.05) is 0 Å². The van der Waals surface area contributed by atoms with Gasteiger partial charge in [-0.05, 0) is 12.3 Å². The Balaban J connectivity index is 2.76. The molecule has 0 aliphatic carbocycles. The van der Waals surface area contributed by atoms with Gasteiger partial charge < -0.3 is 5.32 Å². The van der Waals surface area contributed by atoms with Gasteiger partial charge in [-0.2, -0.15) is 0 Å². The van der Waals surface area contributed by atoms with Crippen molar-refractivity contribution in [3.63, 3.8) is 0 Å². The third kappa shape index (κ3) is 3.38. The maximum Gasteiger partial charge on any atom is 0.304 e. The normalized spacial score (nSPS) is 10.4. The molecule has 6 heteroatoms.